The molecule has 3 N–H and O–H groups in total. The number of rotatable bonds is 2. The Hall–Kier alpha value is -1.82. The van der Waals surface area contributed by atoms with Gasteiger partial charge in [0.2, 0.25) is 0 Å². The maximum atomic E-state index is 12.2. The van der Waals surface area contributed by atoms with Gasteiger partial charge in [-0.25, -0.2) is 4.98 Å². The number of fused-ring (bicyclic) bond motifs is 1. The van der Waals surface area contributed by atoms with E-state index in [1.807, 2.05) is 0 Å². The van der Waals surface area contributed by atoms with Crippen LogP contribution < -0.4 is 11.1 Å². The molecule has 106 valence electrons. The van der Waals surface area contributed by atoms with Crippen molar-refractivity contribution in [2.75, 3.05) is 11.1 Å². The second-order valence-corrected chi connectivity index (χ2v) is 6.23. The normalized spacial score (nSPS) is 10.8. The summed E-state index contributed by atoms with van der Waals surface area (Å²) >= 11 is 13.3. The quantitative estimate of drug-likeness (QED) is 0.726. The number of thiazole rings is 1. The summed E-state index contributed by atoms with van der Waals surface area (Å²) in [4.78, 5) is 16.3. The summed E-state index contributed by atoms with van der Waals surface area (Å²) in [5.74, 6) is -0.259. The number of nitrogens with two attached hydrogens (primary N) is 1. The first kappa shape index (κ1) is 14.1. The maximum absolute atomic E-state index is 12.2. The summed E-state index contributed by atoms with van der Waals surface area (Å²) in [6, 6.07) is 10.1. The third-order valence-corrected chi connectivity index (χ3v) is 4.16. The molecule has 0 bridgehead atoms. The largest absolute Gasteiger partial charge is 0.375 e. The molecule has 3 rings (SSSR count). The fourth-order valence-electron chi connectivity index (χ4n) is 1.91. The van der Waals surface area contributed by atoms with E-state index in [1.54, 1.807) is 36.4 Å². The molecular formula is C14H9Cl2N3OS. The van der Waals surface area contributed by atoms with Crippen molar-refractivity contribution in [3.8, 4) is 0 Å². The summed E-state index contributed by atoms with van der Waals surface area (Å²) in [5, 5.41) is 4.17. The van der Waals surface area contributed by atoms with Gasteiger partial charge in [0, 0.05) is 16.3 Å². The minimum Gasteiger partial charge on any atom is -0.375 e. The molecule has 0 saturated carbocycles. The molecule has 0 aliphatic carbocycles. The summed E-state index contributed by atoms with van der Waals surface area (Å²) in [6.45, 7) is 0. The van der Waals surface area contributed by atoms with Crippen LogP contribution in [0.25, 0.3) is 10.2 Å². The predicted octanol–water partition coefficient (Wildman–Crippen LogP) is 4.44. The van der Waals surface area contributed by atoms with Crippen LogP contribution in [0.2, 0.25) is 10.0 Å². The molecule has 0 fully saturated rings. The number of nitrogen functional groups attached to an aromatic ring is 1. The van der Waals surface area contributed by atoms with Crippen molar-refractivity contribution in [1.82, 2.24) is 4.98 Å². The summed E-state index contributed by atoms with van der Waals surface area (Å²) in [5.41, 5.74) is 7.36. The lowest BCUT2D eigenvalue weighted by Gasteiger charge is -2.06. The topological polar surface area (TPSA) is 68.0 Å². The highest BCUT2D eigenvalue weighted by Gasteiger charge is 2.11. The average molecular weight is 338 g/mol. The van der Waals surface area contributed by atoms with Gasteiger partial charge >= 0.3 is 0 Å². The van der Waals surface area contributed by atoms with Crippen LogP contribution in [0.4, 0.5) is 10.8 Å². The number of hydrogen-bond acceptors (Lipinski definition) is 4. The molecule has 4 nitrogen and oxygen atoms in total. The molecule has 2 aromatic carbocycles. The number of aromatic nitrogens is 1. The second-order valence-electron chi connectivity index (χ2n) is 4.32. The molecular weight excluding hydrogens is 329 g/mol. The first-order chi connectivity index (χ1) is 10.0. The summed E-state index contributed by atoms with van der Waals surface area (Å²) in [7, 11) is 0. The van der Waals surface area contributed by atoms with Crippen molar-refractivity contribution in [2.24, 2.45) is 0 Å². The standard InChI is InChI=1S/C14H9Cl2N3OS/c15-8-3-1-2-7(4-8)13(20)18-9-5-10(16)12-11(6-9)21-14(17)19-12/h1-6H,(H2,17,19)(H,18,20). The first-order valence-corrected chi connectivity index (χ1v) is 7.52. The van der Waals surface area contributed by atoms with Gasteiger partial charge in [-0.05, 0) is 30.3 Å². The Morgan fingerprint density at radius 2 is 2.05 bits per heavy atom. The Kier molecular flexibility index (Phi) is 3.71. The monoisotopic (exact) mass is 337 g/mol. The Labute approximate surface area is 134 Å². The fourth-order valence-corrected chi connectivity index (χ4v) is 3.22. The molecule has 21 heavy (non-hydrogen) atoms. The Bertz CT molecular complexity index is 847. The van der Waals surface area contributed by atoms with Gasteiger partial charge in [-0.1, -0.05) is 40.6 Å². The van der Waals surface area contributed by atoms with Crippen molar-refractivity contribution in [3.63, 3.8) is 0 Å². The molecule has 0 aliphatic heterocycles. The number of carbonyl (C=O) groups excluding carboxylic acids is 1. The molecule has 0 spiro atoms. The number of nitrogens with one attached hydrogen (secondary N) is 1. The van der Waals surface area contributed by atoms with Gasteiger partial charge in [-0.15, -0.1) is 0 Å². The number of benzene rings is 2. The number of halogens is 2. The van der Waals surface area contributed by atoms with Crippen LogP contribution in [0, 0.1) is 0 Å². The molecule has 0 unspecified atom stereocenters. The van der Waals surface area contributed by atoms with E-state index < -0.39 is 0 Å². The van der Waals surface area contributed by atoms with E-state index in [4.69, 9.17) is 28.9 Å². The molecule has 1 amide bonds. The Morgan fingerprint density at radius 1 is 1.24 bits per heavy atom. The van der Waals surface area contributed by atoms with E-state index in [-0.39, 0.29) is 5.91 Å². The van der Waals surface area contributed by atoms with Crippen LogP contribution in [0.1, 0.15) is 10.4 Å². The molecule has 1 aromatic heterocycles. The van der Waals surface area contributed by atoms with Crippen LogP contribution >= 0.6 is 34.5 Å². The highest BCUT2D eigenvalue weighted by Crippen LogP contribution is 2.32. The van der Waals surface area contributed by atoms with E-state index in [2.05, 4.69) is 10.3 Å². The Balaban J connectivity index is 1.92. The first-order valence-electron chi connectivity index (χ1n) is 5.95. The van der Waals surface area contributed by atoms with E-state index in [0.717, 1.165) is 4.70 Å². The third-order valence-electron chi connectivity index (χ3n) is 2.81. The van der Waals surface area contributed by atoms with E-state index in [1.165, 1.54) is 11.3 Å². The van der Waals surface area contributed by atoms with E-state index >= 15 is 0 Å². The van der Waals surface area contributed by atoms with E-state index in [9.17, 15) is 4.79 Å². The Morgan fingerprint density at radius 3 is 2.81 bits per heavy atom. The predicted molar refractivity (Wildman–Crippen MR) is 88.4 cm³/mol. The van der Waals surface area contributed by atoms with Gasteiger partial charge in [-0.3, -0.25) is 4.79 Å². The van der Waals surface area contributed by atoms with Crippen molar-refractivity contribution < 1.29 is 4.79 Å². The lowest BCUT2D eigenvalue weighted by molar-refractivity contribution is 0.102. The van der Waals surface area contributed by atoms with Crippen LogP contribution in [0.3, 0.4) is 0 Å². The van der Waals surface area contributed by atoms with Crippen LogP contribution in [0.5, 0.6) is 0 Å². The maximum Gasteiger partial charge on any atom is 0.255 e. The molecule has 0 aliphatic rings. The average Bonchev–Trinajstić information content (AvgIpc) is 2.80. The van der Waals surface area contributed by atoms with Gasteiger partial charge in [-0.2, -0.15) is 0 Å². The number of anilines is 2. The van der Waals surface area contributed by atoms with Crippen molar-refractivity contribution in [2.45, 2.75) is 0 Å². The lowest BCUT2D eigenvalue weighted by atomic mass is 10.2. The second kappa shape index (κ2) is 5.52. The minimum atomic E-state index is -0.259. The van der Waals surface area contributed by atoms with Crippen molar-refractivity contribution in [1.29, 1.82) is 0 Å². The zero-order valence-corrected chi connectivity index (χ0v) is 12.9. The van der Waals surface area contributed by atoms with Gasteiger partial charge in [0.25, 0.3) is 5.91 Å². The van der Waals surface area contributed by atoms with Gasteiger partial charge in [0.1, 0.15) is 5.52 Å². The number of amides is 1. The summed E-state index contributed by atoms with van der Waals surface area (Å²) in [6.07, 6.45) is 0. The summed E-state index contributed by atoms with van der Waals surface area (Å²) < 4.78 is 0.821. The van der Waals surface area contributed by atoms with Gasteiger partial charge < -0.3 is 11.1 Å². The molecule has 0 radical (unpaired) electrons. The van der Waals surface area contributed by atoms with Gasteiger partial charge in [0.05, 0.1) is 9.72 Å². The van der Waals surface area contributed by atoms with Crippen LogP contribution in [-0.4, -0.2) is 10.9 Å². The SMILES string of the molecule is Nc1nc2c(Cl)cc(NC(=O)c3cccc(Cl)c3)cc2s1. The number of hydrogen-bond donors (Lipinski definition) is 2. The van der Waals surface area contributed by atoms with Crippen molar-refractivity contribution in [3.05, 3.63) is 52.0 Å². The molecule has 7 heteroatoms. The number of carbonyl (C=O) groups is 1. The van der Waals surface area contributed by atoms with Crippen LogP contribution in [0.15, 0.2) is 36.4 Å². The van der Waals surface area contributed by atoms with E-state index in [0.29, 0.717) is 31.9 Å². The van der Waals surface area contributed by atoms with Crippen molar-refractivity contribution >= 4 is 61.5 Å². The molecule has 1 heterocycles. The third kappa shape index (κ3) is 2.95. The van der Waals surface area contributed by atoms with Gasteiger partial charge in [0.15, 0.2) is 5.13 Å². The fraction of sp³-hybridized carbons (Fsp3) is 0. The zero-order valence-electron chi connectivity index (χ0n) is 10.6. The molecule has 0 saturated heterocycles. The highest BCUT2D eigenvalue weighted by atomic mass is 35.5. The lowest BCUT2D eigenvalue weighted by Crippen LogP contribution is -2.11. The smallest absolute Gasteiger partial charge is 0.255 e. The van der Waals surface area contributed by atoms with Crippen LogP contribution in [-0.2, 0) is 0 Å². The zero-order chi connectivity index (χ0) is 15.0. The molecule has 3 aromatic rings. The minimum absolute atomic E-state index is 0.259. The number of nitrogens with zero attached hydrogens (tertiary/aromatic N) is 1. The molecule has 0 atom stereocenters. The highest BCUT2D eigenvalue weighted by molar-refractivity contribution is 7.22.